The second-order valence-electron chi connectivity index (χ2n) is 8.45. The lowest BCUT2D eigenvalue weighted by atomic mass is 9.88. The third kappa shape index (κ3) is 3.28. The Labute approximate surface area is 184 Å². The van der Waals surface area contributed by atoms with Gasteiger partial charge in [-0.05, 0) is 53.8 Å². The van der Waals surface area contributed by atoms with Gasteiger partial charge in [0.15, 0.2) is 0 Å². The summed E-state index contributed by atoms with van der Waals surface area (Å²) in [6.07, 6.45) is 4.08. The Morgan fingerprint density at radius 1 is 1.00 bits per heavy atom. The van der Waals surface area contributed by atoms with Crippen LogP contribution in [0.5, 0.6) is 0 Å². The molecule has 0 atom stereocenters. The molecule has 0 amide bonds. The van der Waals surface area contributed by atoms with Crippen LogP contribution in [0.4, 0.5) is 4.39 Å². The maximum atomic E-state index is 14.5. The van der Waals surface area contributed by atoms with Gasteiger partial charge in [-0.1, -0.05) is 26.0 Å². The smallest absolute Gasteiger partial charge is 0.303 e. The number of aromatic amines is 3. The predicted octanol–water partition coefficient (Wildman–Crippen LogP) is 6.59. The average molecular weight is 429 g/mol. The topological polar surface area (TPSA) is 84.7 Å². The number of aliphatic carboxylic acids is 1. The molecular formula is C26H24FN3O2. The third-order valence-corrected chi connectivity index (χ3v) is 6.05. The molecule has 0 fully saturated rings. The molecule has 5 aromatic rings. The highest BCUT2D eigenvalue weighted by molar-refractivity contribution is 6.01. The molecule has 0 aliphatic carbocycles. The van der Waals surface area contributed by atoms with Crippen LogP contribution in [0, 0.1) is 5.82 Å². The number of aryl methyl sites for hydroxylation is 1. The van der Waals surface area contributed by atoms with Crippen molar-refractivity contribution in [2.45, 2.75) is 32.6 Å². The molecule has 2 aromatic carbocycles. The van der Waals surface area contributed by atoms with Gasteiger partial charge in [-0.15, -0.1) is 0 Å². The van der Waals surface area contributed by atoms with Crippen LogP contribution in [0.1, 0.15) is 37.4 Å². The van der Waals surface area contributed by atoms with Crippen molar-refractivity contribution in [3.63, 3.8) is 0 Å². The number of carbonyl (C=O) groups is 1. The predicted molar refractivity (Wildman–Crippen MR) is 125 cm³/mol. The number of fused-ring (bicyclic) bond motifs is 2. The van der Waals surface area contributed by atoms with Gasteiger partial charge in [-0.25, -0.2) is 4.39 Å². The normalized spacial score (nSPS) is 11.8. The number of hydrogen-bond donors (Lipinski definition) is 4. The van der Waals surface area contributed by atoms with Crippen molar-refractivity contribution in [1.82, 2.24) is 15.0 Å². The highest BCUT2D eigenvalue weighted by atomic mass is 19.1. The molecule has 6 heteroatoms. The molecule has 5 rings (SSSR count). The van der Waals surface area contributed by atoms with Crippen molar-refractivity contribution in [3.05, 3.63) is 71.9 Å². The van der Waals surface area contributed by atoms with E-state index in [0.29, 0.717) is 6.42 Å². The van der Waals surface area contributed by atoms with Crippen LogP contribution in [0.15, 0.2) is 54.9 Å². The average Bonchev–Trinajstić information content (AvgIpc) is 3.48. The summed E-state index contributed by atoms with van der Waals surface area (Å²) in [5.74, 6) is -1.04. The van der Waals surface area contributed by atoms with Gasteiger partial charge in [0, 0.05) is 51.0 Å². The number of nitrogens with one attached hydrogen (secondary N) is 3. The van der Waals surface area contributed by atoms with E-state index in [4.69, 9.17) is 0 Å². The van der Waals surface area contributed by atoms with Crippen molar-refractivity contribution in [2.24, 2.45) is 0 Å². The van der Waals surface area contributed by atoms with Gasteiger partial charge in [0.25, 0.3) is 0 Å². The van der Waals surface area contributed by atoms with Crippen molar-refractivity contribution in [3.8, 4) is 22.4 Å². The summed E-state index contributed by atoms with van der Waals surface area (Å²) in [5, 5.41) is 11.3. The first-order chi connectivity index (χ1) is 15.4. The molecule has 0 aliphatic heterocycles. The van der Waals surface area contributed by atoms with Crippen LogP contribution in [0.2, 0.25) is 0 Å². The highest BCUT2D eigenvalue weighted by Crippen LogP contribution is 2.44. The van der Waals surface area contributed by atoms with E-state index in [1.54, 1.807) is 12.3 Å². The van der Waals surface area contributed by atoms with E-state index >= 15 is 0 Å². The molecule has 0 saturated heterocycles. The summed E-state index contributed by atoms with van der Waals surface area (Å²) in [5.41, 5.74) is 7.32. The van der Waals surface area contributed by atoms with Crippen molar-refractivity contribution < 1.29 is 14.3 Å². The Balaban J connectivity index is 1.84. The molecule has 4 N–H and O–H groups in total. The summed E-state index contributed by atoms with van der Waals surface area (Å²) in [6.45, 7) is 4.23. The first-order valence-corrected chi connectivity index (χ1v) is 10.7. The van der Waals surface area contributed by atoms with Gasteiger partial charge in [0.1, 0.15) is 5.82 Å². The van der Waals surface area contributed by atoms with E-state index in [2.05, 4.69) is 34.9 Å². The summed E-state index contributed by atoms with van der Waals surface area (Å²) in [7, 11) is 0. The lowest BCUT2D eigenvalue weighted by molar-refractivity contribution is -0.136. The largest absolute Gasteiger partial charge is 0.481 e. The van der Waals surface area contributed by atoms with Crippen LogP contribution in [-0.4, -0.2) is 26.0 Å². The molecule has 0 spiro atoms. The highest BCUT2D eigenvalue weighted by Gasteiger charge is 2.25. The SMILES string of the molecule is CC(C)c1c(-c2cc(F)cc3[nH]ccc23)[nH]c(CCC(=O)O)c1-c1cccc2[nH]ccc12. The monoisotopic (exact) mass is 429 g/mol. The fourth-order valence-corrected chi connectivity index (χ4v) is 4.73. The Morgan fingerprint density at radius 3 is 2.44 bits per heavy atom. The number of carboxylic acids is 1. The van der Waals surface area contributed by atoms with E-state index in [0.717, 1.165) is 55.4 Å². The molecule has 32 heavy (non-hydrogen) atoms. The zero-order valence-electron chi connectivity index (χ0n) is 17.9. The first kappa shape index (κ1) is 20.1. The molecule has 0 bridgehead atoms. The second kappa shape index (κ2) is 7.71. The van der Waals surface area contributed by atoms with Crippen molar-refractivity contribution in [2.75, 3.05) is 0 Å². The minimum atomic E-state index is -0.850. The molecule has 3 aromatic heterocycles. The number of H-pyrrole nitrogens is 3. The van der Waals surface area contributed by atoms with Crippen molar-refractivity contribution >= 4 is 27.8 Å². The van der Waals surface area contributed by atoms with E-state index in [9.17, 15) is 14.3 Å². The van der Waals surface area contributed by atoms with Crippen LogP contribution in [-0.2, 0) is 11.2 Å². The van der Waals surface area contributed by atoms with Gasteiger partial charge in [-0.3, -0.25) is 4.79 Å². The molecule has 3 heterocycles. The molecule has 0 saturated carbocycles. The molecular weight excluding hydrogens is 405 g/mol. The Hall–Kier alpha value is -3.80. The number of carboxylic acid groups (broad SMARTS) is 1. The Kier molecular flexibility index (Phi) is 4.85. The Bertz CT molecular complexity index is 1450. The van der Waals surface area contributed by atoms with Crippen LogP contribution in [0.3, 0.4) is 0 Å². The molecule has 5 nitrogen and oxygen atoms in total. The zero-order chi connectivity index (χ0) is 22.4. The van der Waals surface area contributed by atoms with Crippen LogP contribution < -0.4 is 0 Å². The fourth-order valence-electron chi connectivity index (χ4n) is 4.73. The van der Waals surface area contributed by atoms with Gasteiger partial charge in [0.2, 0.25) is 0 Å². The van der Waals surface area contributed by atoms with E-state index in [-0.39, 0.29) is 18.2 Å². The number of hydrogen-bond acceptors (Lipinski definition) is 1. The van der Waals surface area contributed by atoms with Gasteiger partial charge < -0.3 is 20.1 Å². The molecule has 0 radical (unpaired) electrons. The third-order valence-electron chi connectivity index (χ3n) is 6.05. The Morgan fingerprint density at radius 2 is 1.72 bits per heavy atom. The van der Waals surface area contributed by atoms with Gasteiger partial charge >= 0.3 is 5.97 Å². The number of rotatable bonds is 6. The maximum Gasteiger partial charge on any atom is 0.303 e. The molecule has 0 unspecified atom stereocenters. The van der Waals surface area contributed by atoms with E-state index < -0.39 is 5.97 Å². The second-order valence-corrected chi connectivity index (χ2v) is 8.45. The summed E-state index contributed by atoms with van der Waals surface area (Å²) >= 11 is 0. The molecule has 162 valence electrons. The van der Waals surface area contributed by atoms with E-state index in [1.165, 1.54) is 6.07 Å². The summed E-state index contributed by atoms with van der Waals surface area (Å²) in [6, 6.07) is 13.1. The molecule has 0 aliphatic rings. The minimum absolute atomic E-state index is 0.0102. The number of benzene rings is 2. The van der Waals surface area contributed by atoms with Crippen molar-refractivity contribution in [1.29, 1.82) is 0 Å². The summed E-state index contributed by atoms with van der Waals surface area (Å²) < 4.78 is 14.5. The van der Waals surface area contributed by atoms with Crippen LogP contribution >= 0.6 is 0 Å². The van der Waals surface area contributed by atoms with Gasteiger partial charge in [0.05, 0.1) is 12.1 Å². The maximum absolute atomic E-state index is 14.5. The zero-order valence-corrected chi connectivity index (χ0v) is 17.9. The fraction of sp³-hybridized carbons (Fsp3) is 0.192. The summed E-state index contributed by atoms with van der Waals surface area (Å²) in [4.78, 5) is 21.3. The number of aromatic nitrogens is 3. The van der Waals surface area contributed by atoms with Crippen LogP contribution in [0.25, 0.3) is 44.2 Å². The van der Waals surface area contributed by atoms with Gasteiger partial charge in [-0.2, -0.15) is 0 Å². The minimum Gasteiger partial charge on any atom is -0.481 e. The quantitative estimate of drug-likeness (QED) is 0.245. The number of halogens is 1. The van der Waals surface area contributed by atoms with E-state index in [1.807, 2.05) is 30.5 Å². The standard InChI is InChI=1S/C26H24FN3O2/c1-14(2)24-25(18-4-3-5-20-16(18)8-10-28-20)21(6-7-23(31)32)30-26(24)19-12-15(27)13-22-17(19)9-11-29-22/h3-5,8-14,28-30H,6-7H2,1-2H3,(H,31,32). The lowest BCUT2D eigenvalue weighted by Crippen LogP contribution is -1.99. The lowest BCUT2D eigenvalue weighted by Gasteiger charge is -2.14. The first-order valence-electron chi connectivity index (χ1n) is 10.7.